The van der Waals surface area contributed by atoms with Gasteiger partial charge in [-0.3, -0.25) is 9.98 Å². The summed E-state index contributed by atoms with van der Waals surface area (Å²) >= 11 is 0. The Morgan fingerprint density at radius 3 is 2.70 bits per heavy atom. The van der Waals surface area contributed by atoms with Crippen LogP contribution < -0.4 is 0 Å². The van der Waals surface area contributed by atoms with Gasteiger partial charge in [-0.05, 0) is 35.9 Å². The molecule has 2 heterocycles. The van der Waals surface area contributed by atoms with E-state index in [1.54, 1.807) is 24.4 Å². The van der Waals surface area contributed by atoms with E-state index in [-0.39, 0.29) is 6.61 Å². The molecule has 0 fully saturated rings. The zero-order chi connectivity index (χ0) is 14.4. The standard InChI is InChI=1S/C16H15N3O/c1-3-13(17-4-2)15-9-12(11-20)10-16(19-15)14-7-5-6-8-18-14/h3-10,20H,1-2,11H2. The highest BCUT2D eigenvalue weighted by Crippen LogP contribution is 2.17. The van der Waals surface area contributed by atoms with Crippen LogP contribution in [0.4, 0.5) is 0 Å². The summed E-state index contributed by atoms with van der Waals surface area (Å²) < 4.78 is 0. The first-order valence-electron chi connectivity index (χ1n) is 6.13. The highest BCUT2D eigenvalue weighted by molar-refractivity contribution is 6.07. The Hall–Kier alpha value is -2.59. The number of nitrogens with zero attached hydrogens (tertiary/aromatic N) is 3. The van der Waals surface area contributed by atoms with Crippen LogP contribution in [0.1, 0.15) is 11.3 Å². The molecule has 0 atom stereocenters. The predicted octanol–water partition coefficient (Wildman–Crippen LogP) is 2.75. The lowest BCUT2D eigenvalue weighted by atomic mass is 10.1. The molecule has 4 heteroatoms. The Morgan fingerprint density at radius 1 is 1.25 bits per heavy atom. The predicted molar refractivity (Wildman–Crippen MR) is 80.3 cm³/mol. The van der Waals surface area contributed by atoms with Gasteiger partial charge in [-0.15, -0.1) is 0 Å². The van der Waals surface area contributed by atoms with Crippen LogP contribution in [-0.4, -0.2) is 20.8 Å². The lowest BCUT2D eigenvalue weighted by Crippen LogP contribution is -2.03. The second-order valence-electron chi connectivity index (χ2n) is 4.02. The van der Waals surface area contributed by atoms with Crippen LogP contribution in [0.5, 0.6) is 0 Å². The molecule has 4 nitrogen and oxygen atoms in total. The van der Waals surface area contributed by atoms with Gasteiger partial charge in [-0.1, -0.05) is 19.2 Å². The fraction of sp³-hybridized carbons (Fsp3) is 0.0625. The van der Waals surface area contributed by atoms with E-state index in [1.165, 1.54) is 6.20 Å². The Morgan fingerprint density at radius 2 is 2.10 bits per heavy atom. The van der Waals surface area contributed by atoms with E-state index in [4.69, 9.17) is 0 Å². The van der Waals surface area contributed by atoms with Gasteiger partial charge >= 0.3 is 0 Å². The molecule has 2 aromatic rings. The molecular formula is C16H15N3O. The van der Waals surface area contributed by atoms with Gasteiger partial charge < -0.3 is 5.11 Å². The molecule has 0 spiro atoms. The van der Waals surface area contributed by atoms with Crippen molar-refractivity contribution in [3.05, 3.63) is 73.2 Å². The molecule has 2 aromatic heterocycles. The van der Waals surface area contributed by atoms with Crippen LogP contribution in [0, 0.1) is 0 Å². The average Bonchev–Trinajstić information content (AvgIpc) is 2.53. The summed E-state index contributed by atoms with van der Waals surface area (Å²) in [6.07, 6.45) is 4.74. The quantitative estimate of drug-likeness (QED) is 0.846. The maximum Gasteiger partial charge on any atom is 0.0897 e. The number of rotatable bonds is 5. The summed E-state index contributed by atoms with van der Waals surface area (Å²) in [5.74, 6) is 0. The van der Waals surface area contributed by atoms with Crippen molar-refractivity contribution < 1.29 is 5.11 Å². The van der Waals surface area contributed by atoms with Gasteiger partial charge in [0, 0.05) is 12.4 Å². The molecule has 0 saturated heterocycles. The van der Waals surface area contributed by atoms with Crippen molar-refractivity contribution in [1.82, 2.24) is 9.97 Å². The fourth-order valence-electron chi connectivity index (χ4n) is 1.78. The van der Waals surface area contributed by atoms with Crippen molar-refractivity contribution in [2.75, 3.05) is 0 Å². The van der Waals surface area contributed by atoms with E-state index in [9.17, 15) is 5.11 Å². The average molecular weight is 265 g/mol. The van der Waals surface area contributed by atoms with Crippen LogP contribution in [0.25, 0.3) is 11.4 Å². The van der Waals surface area contributed by atoms with Gasteiger partial charge in [0.2, 0.25) is 0 Å². The van der Waals surface area contributed by atoms with Crippen molar-refractivity contribution in [3.63, 3.8) is 0 Å². The molecule has 0 amide bonds. The maximum atomic E-state index is 9.38. The number of hydrogen-bond acceptors (Lipinski definition) is 4. The summed E-state index contributed by atoms with van der Waals surface area (Å²) in [5, 5.41) is 9.38. The number of aliphatic hydroxyl groups excluding tert-OH is 1. The van der Waals surface area contributed by atoms with E-state index < -0.39 is 0 Å². The molecule has 0 radical (unpaired) electrons. The molecule has 0 bridgehead atoms. The fourth-order valence-corrected chi connectivity index (χ4v) is 1.78. The van der Waals surface area contributed by atoms with Crippen LogP contribution in [-0.2, 0) is 6.61 Å². The number of aliphatic hydroxyl groups is 1. The molecule has 100 valence electrons. The Kier molecular flexibility index (Phi) is 4.52. The van der Waals surface area contributed by atoms with Crippen molar-refractivity contribution in [2.45, 2.75) is 6.61 Å². The summed E-state index contributed by atoms with van der Waals surface area (Å²) in [5.41, 5.74) is 3.41. The number of hydrogen-bond donors (Lipinski definition) is 1. The zero-order valence-corrected chi connectivity index (χ0v) is 11.0. The number of aromatic nitrogens is 2. The van der Waals surface area contributed by atoms with Crippen molar-refractivity contribution in [1.29, 1.82) is 0 Å². The molecule has 0 aromatic carbocycles. The van der Waals surface area contributed by atoms with Gasteiger partial charge in [0.25, 0.3) is 0 Å². The maximum absolute atomic E-state index is 9.38. The topological polar surface area (TPSA) is 58.4 Å². The van der Waals surface area contributed by atoms with E-state index in [0.717, 1.165) is 11.3 Å². The molecule has 20 heavy (non-hydrogen) atoms. The summed E-state index contributed by atoms with van der Waals surface area (Å²) in [4.78, 5) is 12.9. The summed E-state index contributed by atoms with van der Waals surface area (Å²) in [6, 6.07) is 9.18. The smallest absolute Gasteiger partial charge is 0.0897 e. The van der Waals surface area contributed by atoms with Gasteiger partial charge in [0.15, 0.2) is 0 Å². The van der Waals surface area contributed by atoms with E-state index in [1.807, 2.05) is 18.2 Å². The van der Waals surface area contributed by atoms with Crippen LogP contribution in [0.2, 0.25) is 0 Å². The molecule has 2 rings (SSSR count). The number of allylic oxidation sites excluding steroid dienone is 1. The minimum atomic E-state index is -0.0755. The second-order valence-corrected chi connectivity index (χ2v) is 4.02. The molecule has 0 aliphatic rings. The number of aliphatic imine (C=N–C) groups is 1. The first-order valence-corrected chi connectivity index (χ1v) is 6.13. The molecule has 0 saturated carbocycles. The lowest BCUT2D eigenvalue weighted by molar-refractivity contribution is 0.282. The third-order valence-corrected chi connectivity index (χ3v) is 2.68. The van der Waals surface area contributed by atoms with Crippen molar-refractivity contribution in [2.24, 2.45) is 4.99 Å². The minimum Gasteiger partial charge on any atom is -0.392 e. The summed E-state index contributed by atoms with van der Waals surface area (Å²) in [6.45, 7) is 7.21. The van der Waals surface area contributed by atoms with Crippen molar-refractivity contribution in [3.8, 4) is 11.4 Å². The Balaban J connectivity index is 2.57. The van der Waals surface area contributed by atoms with Crippen molar-refractivity contribution >= 4 is 5.71 Å². The van der Waals surface area contributed by atoms with Crippen LogP contribution in [0.15, 0.2) is 67.0 Å². The van der Waals surface area contributed by atoms with Crippen LogP contribution >= 0.6 is 0 Å². The normalized spacial score (nSPS) is 11.2. The first kappa shape index (κ1) is 13.8. The lowest BCUT2D eigenvalue weighted by Gasteiger charge is -2.07. The number of pyridine rings is 2. The van der Waals surface area contributed by atoms with E-state index >= 15 is 0 Å². The first-order chi connectivity index (χ1) is 9.78. The molecule has 0 aliphatic carbocycles. The minimum absolute atomic E-state index is 0.0755. The largest absolute Gasteiger partial charge is 0.392 e. The SMILES string of the molecule is C=CN=C(C=C)c1cc(CO)cc(-c2ccccn2)n1. The molecule has 1 N–H and O–H groups in total. The molecular weight excluding hydrogens is 250 g/mol. The Bertz CT molecular complexity index is 648. The third-order valence-electron chi connectivity index (χ3n) is 2.68. The zero-order valence-electron chi connectivity index (χ0n) is 11.0. The Labute approximate surface area is 117 Å². The highest BCUT2D eigenvalue weighted by Gasteiger charge is 2.08. The van der Waals surface area contributed by atoms with E-state index in [2.05, 4.69) is 28.1 Å². The highest BCUT2D eigenvalue weighted by atomic mass is 16.3. The molecule has 0 unspecified atom stereocenters. The van der Waals surface area contributed by atoms with Crippen LogP contribution in [0.3, 0.4) is 0 Å². The van der Waals surface area contributed by atoms with Gasteiger partial charge in [-0.25, -0.2) is 4.98 Å². The monoisotopic (exact) mass is 265 g/mol. The van der Waals surface area contributed by atoms with Gasteiger partial charge in [-0.2, -0.15) is 0 Å². The van der Waals surface area contributed by atoms with E-state index in [0.29, 0.717) is 17.1 Å². The molecule has 0 aliphatic heterocycles. The van der Waals surface area contributed by atoms with Gasteiger partial charge in [0.05, 0.1) is 29.4 Å². The van der Waals surface area contributed by atoms with Gasteiger partial charge in [0.1, 0.15) is 0 Å². The second kappa shape index (κ2) is 6.54. The summed E-state index contributed by atoms with van der Waals surface area (Å²) in [7, 11) is 0. The third kappa shape index (κ3) is 3.05.